The number of ether oxygens (including phenoxy) is 2. The molecule has 1 aliphatic rings. The van der Waals surface area contributed by atoms with Gasteiger partial charge in [-0.25, -0.2) is 0 Å². The lowest BCUT2D eigenvalue weighted by Gasteiger charge is -2.50. The largest absolute Gasteiger partial charge is 0.454 e. The van der Waals surface area contributed by atoms with E-state index in [1.807, 2.05) is 6.07 Å². The van der Waals surface area contributed by atoms with E-state index in [0.29, 0.717) is 6.61 Å². The van der Waals surface area contributed by atoms with Gasteiger partial charge < -0.3 is 31.4 Å². The number of carbonyl (C=O) groups is 1. The number of hydrogen-bond acceptors (Lipinski definition) is 7. The predicted octanol–water partition coefficient (Wildman–Crippen LogP) is 7.65. The van der Waals surface area contributed by atoms with E-state index in [0.717, 1.165) is 16.5 Å². The molecule has 1 aromatic heterocycles. The molecule has 0 aliphatic carbocycles. The Kier molecular flexibility index (Phi) is 11.7. The molecule has 1 aliphatic heterocycles. The first kappa shape index (κ1) is 37.6. The van der Waals surface area contributed by atoms with Crippen LogP contribution in [0.1, 0.15) is 5.56 Å². The first-order valence-corrected chi connectivity index (χ1v) is 33.0. The third kappa shape index (κ3) is 11.1. The Balaban J connectivity index is 2.04. The molecule has 1 fully saturated rings. The fourth-order valence-electron chi connectivity index (χ4n) is 5.30. The Morgan fingerprint density at radius 3 is 1.80 bits per heavy atom. The number of carbonyl (C=O) groups excluding carboxylic acids is 1. The normalized spacial score (nSPS) is 24.1. The Labute approximate surface area is 271 Å². The fourth-order valence-corrected chi connectivity index (χ4v) is 10.5. The number of aromatic nitrogens is 1. The summed E-state index contributed by atoms with van der Waals surface area (Å²) in [4.78, 5) is 13.9. The van der Waals surface area contributed by atoms with Crippen LogP contribution in [0.3, 0.4) is 0 Å². The zero-order valence-corrected chi connectivity index (χ0v) is 35.0. The number of benzene rings is 1. The minimum atomic E-state index is -2.15. The fraction of sp³-hybridized carbons (Fsp3) is 0.710. The van der Waals surface area contributed by atoms with Crippen molar-refractivity contribution in [1.82, 2.24) is 4.23 Å². The molecule has 1 aromatic carbocycles. The van der Waals surface area contributed by atoms with Gasteiger partial charge in [-0.15, -0.1) is 0 Å². The first-order chi connectivity index (χ1) is 19.8. The van der Waals surface area contributed by atoms with Gasteiger partial charge in [-0.2, -0.15) is 0 Å². The number of rotatable bonds is 13. The summed E-state index contributed by atoms with van der Waals surface area (Å²) in [6.45, 7) is 33.1. The molecule has 2 heterocycles. The first-order valence-electron chi connectivity index (χ1n) is 15.9. The topological polar surface area (TPSA) is 77.4 Å². The molecule has 0 radical (unpaired) electrons. The third-order valence-corrected chi connectivity index (χ3v) is 12.6. The van der Waals surface area contributed by atoms with Gasteiger partial charge in [-0.1, -0.05) is 37.8 Å². The Bertz CT molecular complexity index is 1270. The van der Waals surface area contributed by atoms with Gasteiger partial charge in [0.2, 0.25) is 0 Å². The molecule has 0 bridgehead atoms. The SMILES string of the molecule is C[Si](C)(C)OCC1OC(O[Si](C)(C)C)C(OC(=O)Cc2cn([Si](C)(C)C)c3ccccc23)C(O[Si](C)(C)C)C1O[Si](C)(C)C. The molecular weight excluding hydrogens is 639 g/mol. The van der Waals surface area contributed by atoms with Crippen molar-refractivity contribution < 1.29 is 32.0 Å². The molecule has 3 rings (SSSR count). The molecule has 0 spiro atoms. The second kappa shape index (κ2) is 13.7. The second-order valence-electron chi connectivity index (χ2n) is 16.9. The highest BCUT2D eigenvalue weighted by Gasteiger charge is 2.53. The maximum atomic E-state index is 13.9. The van der Waals surface area contributed by atoms with E-state index < -0.39 is 72.2 Å². The van der Waals surface area contributed by atoms with Gasteiger partial charge in [0, 0.05) is 10.9 Å². The summed E-state index contributed by atoms with van der Waals surface area (Å²) in [6.07, 6.45) is -0.703. The summed E-state index contributed by atoms with van der Waals surface area (Å²) in [5.41, 5.74) is 2.12. The van der Waals surface area contributed by atoms with Gasteiger partial charge in [0.1, 0.15) is 18.3 Å². The quantitative estimate of drug-likeness (QED) is 0.157. The van der Waals surface area contributed by atoms with Crippen LogP contribution >= 0.6 is 0 Å². The second-order valence-corrected chi connectivity index (χ2v) is 39.6. The van der Waals surface area contributed by atoms with E-state index in [4.69, 9.17) is 27.2 Å². The van der Waals surface area contributed by atoms with Crippen molar-refractivity contribution in [3.05, 3.63) is 36.0 Å². The highest BCUT2D eigenvalue weighted by atomic mass is 28.4. The molecule has 250 valence electrons. The standard InChI is InChI=1S/C31H59NO7Si5/c1-40(2,3)32-21-23(24-18-16-17-19-25(24)32)20-27(33)36-30-29(38-43(10,11)12)28(37-42(7,8)9)26(22-34-41(4,5)6)35-31(30)39-44(13,14)15/h16-19,21,26,28-31H,20,22H2,1-15H3. The number of hydrogen-bond donors (Lipinski definition) is 0. The summed E-state index contributed by atoms with van der Waals surface area (Å²) in [7, 11) is -9.94. The minimum absolute atomic E-state index is 0.148. The molecule has 13 heteroatoms. The van der Waals surface area contributed by atoms with E-state index in [1.165, 1.54) is 0 Å². The van der Waals surface area contributed by atoms with Crippen LogP contribution < -0.4 is 0 Å². The summed E-state index contributed by atoms with van der Waals surface area (Å²) < 4.78 is 42.3. The van der Waals surface area contributed by atoms with Crippen molar-refractivity contribution in [3.63, 3.8) is 0 Å². The monoisotopic (exact) mass is 697 g/mol. The zero-order chi connectivity index (χ0) is 33.5. The highest BCUT2D eigenvalue weighted by Crippen LogP contribution is 2.35. The van der Waals surface area contributed by atoms with E-state index in [9.17, 15) is 4.79 Å². The van der Waals surface area contributed by atoms with E-state index >= 15 is 0 Å². The summed E-state index contributed by atoms with van der Waals surface area (Å²) in [5.74, 6) is -0.325. The van der Waals surface area contributed by atoms with E-state index in [2.05, 4.69) is 127 Å². The van der Waals surface area contributed by atoms with Crippen molar-refractivity contribution in [1.29, 1.82) is 0 Å². The molecule has 5 atom stereocenters. The third-order valence-electron chi connectivity index (χ3n) is 6.84. The van der Waals surface area contributed by atoms with Crippen LogP contribution in [0.5, 0.6) is 0 Å². The number of esters is 1. The molecule has 8 nitrogen and oxygen atoms in total. The Hall–Kier alpha value is -0.886. The van der Waals surface area contributed by atoms with Crippen LogP contribution in [0.15, 0.2) is 30.5 Å². The molecule has 0 saturated carbocycles. The number of para-hydroxylation sites is 1. The molecule has 0 N–H and O–H groups in total. The summed E-state index contributed by atoms with van der Waals surface area (Å²) in [5, 5.41) is 1.08. The van der Waals surface area contributed by atoms with Crippen molar-refractivity contribution in [2.75, 3.05) is 6.61 Å². The van der Waals surface area contributed by atoms with Crippen LogP contribution in [0.4, 0.5) is 0 Å². The highest BCUT2D eigenvalue weighted by molar-refractivity contribution is 6.75. The van der Waals surface area contributed by atoms with E-state index in [1.54, 1.807) is 0 Å². The van der Waals surface area contributed by atoms with Crippen molar-refractivity contribution in [2.24, 2.45) is 0 Å². The maximum Gasteiger partial charge on any atom is 0.310 e. The van der Waals surface area contributed by atoms with Gasteiger partial charge in [0.05, 0.1) is 13.0 Å². The lowest BCUT2D eigenvalue weighted by molar-refractivity contribution is -0.277. The average molecular weight is 698 g/mol. The van der Waals surface area contributed by atoms with E-state index in [-0.39, 0.29) is 12.4 Å². The number of nitrogens with zero attached hydrogens (tertiary/aromatic N) is 1. The zero-order valence-electron chi connectivity index (χ0n) is 30.0. The maximum absolute atomic E-state index is 13.9. The van der Waals surface area contributed by atoms with Crippen molar-refractivity contribution in [2.45, 2.75) is 135 Å². The molecule has 1 saturated heterocycles. The minimum Gasteiger partial charge on any atom is -0.454 e. The van der Waals surface area contributed by atoms with Gasteiger partial charge in [-0.05, 0) is 96.4 Å². The van der Waals surface area contributed by atoms with Gasteiger partial charge in [0.15, 0.2) is 53.9 Å². The molecule has 2 aromatic rings. The molecule has 44 heavy (non-hydrogen) atoms. The smallest absolute Gasteiger partial charge is 0.310 e. The van der Waals surface area contributed by atoms with Crippen molar-refractivity contribution >= 4 is 58.4 Å². The van der Waals surface area contributed by atoms with Crippen LogP contribution in [-0.2, 0) is 38.4 Å². The van der Waals surface area contributed by atoms with Crippen LogP contribution in [0, 0.1) is 0 Å². The molecule has 0 amide bonds. The van der Waals surface area contributed by atoms with Gasteiger partial charge in [-0.3, -0.25) is 4.79 Å². The molecule has 5 unspecified atom stereocenters. The predicted molar refractivity (Wildman–Crippen MR) is 193 cm³/mol. The lowest BCUT2D eigenvalue weighted by atomic mass is 9.99. The van der Waals surface area contributed by atoms with Gasteiger partial charge >= 0.3 is 5.97 Å². The van der Waals surface area contributed by atoms with Crippen LogP contribution in [0.25, 0.3) is 10.9 Å². The average Bonchev–Trinajstić information content (AvgIpc) is 3.17. The van der Waals surface area contributed by atoms with Gasteiger partial charge in [0.25, 0.3) is 0 Å². The summed E-state index contributed by atoms with van der Waals surface area (Å²) in [6, 6.07) is 8.30. The van der Waals surface area contributed by atoms with Crippen LogP contribution in [0.2, 0.25) is 98.2 Å². The number of fused-ring (bicyclic) bond motifs is 1. The van der Waals surface area contributed by atoms with Crippen LogP contribution in [-0.4, -0.2) is 89.0 Å². The summed E-state index contributed by atoms with van der Waals surface area (Å²) >= 11 is 0. The van der Waals surface area contributed by atoms with Crippen molar-refractivity contribution in [3.8, 4) is 0 Å². The molecular formula is C31H59NO7Si5. The lowest BCUT2D eigenvalue weighted by Crippen LogP contribution is -2.66. The Morgan fingerprint density at radius 2 is 1.27 bits per heavy atom. The Morgan fingerprint density at radius 1 is 0.727 bits per heavy atom.